The summed E-state index contributed by atoms with van der Waals surface area (Å²) in [4.78, 5) is 0. The van der Waals surface area contributed by atoms with Gasteiger partial charge in [-0.1, -0.05) is 24.3 Å². The highest BCUT2D eigenvalue weighted by Crippen LogP contribution is 2.21. The Morgan fingerprint density at radius 2 is 1.95 bits per heavy atom. The summed E-state index contributed by atoms with van der Waals surface area (Å²) in [6.45, 7) is 2.62. The first kappa shape index (κ1) is 11.8. The van der Waals surface area contributed by atoms with Crippen molar-refractivity contribution in [1.29, 1.82) is 0 Å². The van der Waals surface area contributed by atoms with E-state index in [9.17, 15) is 0 Å². The highest BCUT2D eigenvalue weighted by Gasteiger charge is 2.08. The summed E-state index contributed by atoms with van der Waals surface area (Å²) in [6, 6.07) is 12.1. The van der Waals surface area contributed by atoms with E-state index in [2.05, 4.69) is 34.4 Å². The number of nitrogens with zero attached hydrogens (tertiary/aromatic N) is 4. The molecule has 2 aromatic heterocycles. The van der Waals surface area contributed by atoms with E-state index in [0.29, 0.717) is 13.0 Å². The zero-order valence-electron chi connectivity index (χ0n) is 10.7. The largest absolute Gasteiger partial charge is 0.330 e. The van der Waals surface area contributed by atoms with Crippen LogP contribution < -0.4 is 5.73 Å². The number of hydrogen-bond donors (Lipinski definition) is 1. The molecular formula is C14H15N5. The summed E-state index contributed by atoms with van der Waals surface area (Å²) in [6.07, 6.45) is 0.672. The van der Waals surface area contributed by atoms with E-state index in [1.54, 1.807) is 4.52 Å². The summed E-state index contributed by atoms with van der Waals surface area (Å²) in [7, 11) is 0. The summed E-state index contributed by atoms with van der Waals surface area (Å²) in [5.41, 5.74) is 9.57. The van der Waals surface area contributed by atoms with Crippen LogP contribution in [0.3, 0.4) is 0 Å². The molecule has 0 aliphatic heterocycles. The number of aryl methyl sites for hydroxylation is 1. The van der Waals surface area contributed by atoms with Crippen LogP contribution in [-0.4, -0.2) is 26.4 Å². The first-order valence-corrected chi connectivity index (χ1v) is 6.27. The van der Waals surface area contributed by atoms with Crippen LogP contribution in [0.25, 0.3) is 16.9 Å². The van der Waals surface area contributed by atoms with Gasteiger partial charge in [-0.15, -0.1) is 10.2 Å². The monoisotopic (exact) mass is 253 g/mol. The number of aromatic nitrogens is 4. The van der Waals surface area contributed by atoms with Gasteiger partial charge in [0, 0.05) is 12.0 Å². The van der Waals surface area contributed by atoms with E-state index in [-0.39, 0.29) is 0 Å². The maximum atomic E-state index is 5.58. The Balaban J connectivity index is 2.15. The lowest BCUT2D eigenvalue weighted by atomic mass is 10.1. The lowest BCUT2D eigenvalue weighted by Gasteiger charge is -2.05. The maximum absolute atomic E-state index is 5.58. The van der Waals surface area contributed by atoms with Crippen LogP contribution in [0, 0.1) is 6.92 Å². The number of benzene rings is 1. The quantitative estimate of drug-likeness (QED) is 0.769. The van der Waals surface area contributed by atoms with Crippen LogP contribution >= 0.6 is 0 Å². The minimum Gasteiger partial charge on any atom is -0.330 e. The SMILES string of the molecule is Cc1ccccc1-c1ccc2nnc(CCN)n2n1. The van der Waals surface area contributed by atoms with Crippen molar-refractivity contribution in [2.45, 2.75) is 13.3 Å². The van der Waals surface area contributed by atoms with Gasteiger partial charge in [0.15, 0.2) is 11.5 Å². The van der Waals surface area contributed by atoms with Crippen molar-refractivity contribution in [2.24, 2.45) is 5.73 Å². The second kappa shape index (κ2) is 4.78. The van der Waals surface area contributed by atoms with E-state index in [4.69, 9.17) is 5.73 Å². The molecule has 0 amide bonds. The second-order valence-corrected chi connectivity index (χ2v) is 4.46. The highest BCUT2D eigenvalue weighted by molar-refractivity contribution is 5.63. The molecule has 0 aliphatic rings. The minimum absolute atomic E-state index is 0.539. The summed E-state index contributed by atoms with van der Waals surface area (Å²) < 4.78 is 1.77. The molecule has 96 valence electrons. The molecule has 0 unspecified atom stereocenters. The Bertz CT molecular complexity index is 717. The van der Waals surface area contributed by atoms with Gasteiger partial charge >= 0.3 is 0 Å². The van der Waals surface area contributed by atoms with Crippen LogP contribution in [0.4, 0.5) is 0 Å². The average molecular weight is 253 g/mol. The van der Waals surface area contributed by atoms with Gasteiger partial charge < -0.3 is 5.73 Å². The molecule has 2 heterocycles. The molecule has 19 heavy (non-hydrogen) atoms. The molecule has 0 saturated heterocycles. The molecule has 0 atom stereocenters. The lowest BCUT2D eigenvalue weighted by Crippen LogP contribution is -2.08. The normalized spacial score (nSPS) is 11.1. The van der Waals surface area contributed by atoms with Crippen molar-refractivity contribution in [2.75, 3.05) is 6.54 Å². The van der Waals surface area contributed by atoms with Crippen molar-refractivity contribution in [1.82, 2.24) is 19.8 Å². The molecule has 5 nitrogen and oxygen atoms in total. The Hall–Kier alpha value is -2.27. The predicted molar refractivity (Wildman–Crippen MR) is 73.7 cm³/mol. The highest BCUT2D eigenvalue weighted by atomic mass is 15.4. The van der Waals surface area contributed by atoms with Crippen molar-refractivity contribution in [3.63, 3.8) is 0 Å². The van der Waals surface area contributed by atoms with E-state index in [0.717, 1.165) is 22.7 Å². The summed E-state index contributed by atoms with van der Waals surface area (Å²) in [5, 5.41) is 12.8. The number of hydrogen-bond acceptors (Lipinski definition) is 4. The lowest BCUT2D eigenvalue weighted by molar-refractivity contribution is 0.793. The van der Waals surface area contributed by atoms with Crippen LogP contribution in [0.15, 0.2) is 36.4 Å². The third kappa shape index (κ3) is 2.08. The van der Waals surface area contributed by atoms with Gasteiger partial charge in [-0.25, -0.2) is 0 Å². The second-order valence-electron chi connectivity index (χ2n) is 4.46. The number of fused-ring (bicyclic) bond motifs is 1. The molecule has 5 heteroatoms. The standard InChI is InChI=1S/C14H15N5/c1-10-4-2-3-5-11(10)12-6-7-13-16-17-14(8-9-15)19(13)18-12/h2-7H,8-9,15H2,1H3. The fraction of sp³-hybridized carbons (Fsp3) is 0.214. The van der Waals surface area contributed by atoms with Gasteiger partial charge in [0.1, 0.15) is 0 Å². The third-order valence-electron chi connectivity index (χ3n) is 3.12. The van der Waals surface area contributed by atoms with Crippen LogP contribution in [0.2, 0.25) is 0 Å². The number of nitrogens with two attached hydrogens (primary N) is 1. The smallest absolute Gasteiger partial charge is 0.177 e. The summed E-state index contributed by atoms with van der Waals surface area (Å²) in [5.74, 6) is 0.799. The molecule has 3 rings (SSSR count). The molecule has 0 spiro atoms. The maximum Gasteiger partial charge on any atom is 0.177 e. The van der Waals surface area contributed by atoms with Crippen LogP contribution in [0.5, 0.6) is 0 Å². The first-order valence-electron chi connectivity index (χ1n) is 6.27. The van der Waals surface area contributed by atoms with Crippen molar-refractivity contribution in [3.05, 3.63) is 47.8 Å². The summed E-state index contributed by atoms with van der Waals surface area (Å²) >= 11 is 0. The van der Waals surface area contributed by atoms with E-state index in [1.807, 2.05) is 24.3 Å². The Morgan fingerprint density at radius 1 is 1.11 bits per heavy atom. The van der Waals surface area contributed by atoms with Crippen molar-refractivity contribution < 1.29 is 0 Å². The van der Waals surface area contributed by atoms with Gasteiger partial charge in [0.25, 0.3) is 0 Å². The fourth-order valence-corrected chi connectivity index (χ4v) is 2.12. The van der Waals surface area contributed by atoms with Gasteiger partial charge in [0.2, 0.25) is 0 Å². The van der Waals surface area contributed by atoms with Gasteiger partial charge in [0.05, 0.1) is 5.69 Å². The molecule has 0 saturated carbocycles. The van der Waals surface area contributed by atoms with E-state index < -0.39 is 0 Å². The van der Waals surface area contributed by atoms with Crippen molar-refractivity contribution >= 4 is 5.65 Å². The van der Waals surface area contributed by atoms with Crippen LogP contribution in [0.1, 0.15) is 11.4 Å². The Labute approximate surface area is 111 Å². The minimum atomic E-state index is 0.539. The van der Waals surface area contributed by atoms with Gasteiger partial charge in [-0.2, -0.15) is 9.61 Å². The molecule has 0 fully saturated rings. The molecule has 0 bridgehead atoms. The molecule has 1 aromatic carbocycles. The molecule has 0 radical (unpaired) electrons. The first-order chi connectivity index (χ1) is 9.29. The third-order valence-corrected chi connectivity index (χ3v) is 3.12. The molecule has 2 N–H and O–H groups in total. The fourth-order valence-electron chi connectivity index (χ4n) is 2.12. The van der Waals surface area contributed by atoms with E-state index >= 15 is 0 Å². The average Bonchev–Trinajstić information content (AvgIpc) is 2.82. The Morgan fingerprint density at radius 3 is 2.74 bits per heavy atom. The predicted octanol–water partition coefficient (Wildman–Crippen LogP) is 1.60. The number of rotatable bonds is 3. The van der Waals surface area contributed by atoms with E-state index in [1.165, 1.54) is 5.56 Å². The topological polar surface area (TPSA) is 69.1 Å². The van der Waals surface area contributed by atoms with Crippen molar-refractivity contribution in [3.8, 4) is 11.3 Å². The Kier molecular flexibility index (Phi) is 2.97. The molecular weight excluding hydrogens is 238 g/mol. The molecule has 3 aromatic rings. The zero-order chi connectivity index (χ0) is 13.2. The van der Waals surface area contributed by atoms with Gasteiger partial charge in [-0.05, 0) is 31.2 Å². The molecule has 0 aliphatic carbocycles. The zero-order valence-corrected chi connectivity index (χ0v) is 10.7. The van der Waals surface area contributed by atoms with Crippen LogP contribution in [-0.2, 0) is 6.42 Å². The van der Waals surface area contributed by atoms with Gasteiger partial charge in [-0.3, -0.25) is 0 Å².